The smallest absolute Gasteiger partial charge is 0.410 e. The summed E-state index contributed by atoms with van der Waals surface area (Å²) in [7, 11) is 1.70. The standard InChI is InChI=1S/C18H26N2O3/c1-17(2,3)23-16(21)20-9-7-18(8-10-20)12-19-15-6-5-13(22-4)11-14(15)18/h5-6,11,19H,7-10,12H2,1-4H3. The van der Waals surface area contributed by atoms with Gasteiger partial charge in [0.15, 0.2) is 0 Å². The molecule has 1 fully saturated rings. The summed E-state index contributed by atoms with van der Waals surface area (Å²) in [6.45, 7) is 8.09. The summed E-state index contributed by atoms with van der Waals surface area (Å²) in [5.41, 5.74) is 2.17. The van der Waals surface area contributed by atoms with Gasteiger partial charge in [0, 0.05) is 30.7 Å². The number of rotatable bonds is 1. The highest BCUT2D eigenvalue weighted by atomic mass is 16.6. The molecule has 0 unspecified atom stereocenters. The van der Waals surface area contributed by atoms with E-state index in [0.717, 1.165) is 38.2 Å². The molecule has 1 amide bonds. The maximum Gasteiger partial charge on any atom is 0.410 e. The van der Waals surface area contributed by atoms with Crippen LogP contribution < -0.4 is 10.1 Å². The zero-order valence-electron chi connectivity index (χ0n) is 14.4. The maximum atomic E-state index is 12.2. The highest BCUT2D eigenvalue weighted by Crippen LogP contribution is 2.45. The first kappa shape index (κ1) is 16.0. The number of piperidine rings is 1. The minimum atomic E-state index is -0.443. The third-order valence-electron chi connectivity index (χ3n) is 4.79. The number of hydrogen-bond acceptors (Lipinski definition) is 4. The lowest BCUT2D eigenvalue weighted by atomic mass is 9.74. The van der Waals surface area contributed by atoms with Gasteiger partial charge < -0.3 is 19.7 Å². The van der Waals surface area contributed by atoms with Gasteiger partial charge in [-0.05, 0) is 57.4 Å². The molecule has 1 saturated heterocycles. The van der Waals surface area contributed by atoms with Crippen LogP contribution in [0.5, 0.6) is 5.75 Å². The average Bonchev–Trinajstić information content (AvgIpc) is 2.84. The van der Waals surface area contributed by atoms with Gasteiger partial charge in [0.2, 0.25) is 0 Å². The summed E-state index contributed by atoms with van der Waals surface area (Å²) >= 11 is 0. The second-order valence-electron chi connectivity index (χ2n) is 7.51. The number of methoxy groups -OCH3 is 1. The van der Waals surface area contributed by atoms with E-state index < -0.39 is 5.60 Å². The van der Waals surface area contributed by atoms with Crippen LogP contribution in [0, 0.1) is 0 Å². The normalized spacial score (nSPS) is 19.2. The van der Waals surface area contributed by atoms with Crippen molar-refractivity contribution in [2.75, 3.05) is 32.1 Å². The van der Waals surface area contributed by atoms with Crippen LogP contribution in [0.2, 0.25) is 0 Å². The number of hydrogen-bond donors (Lipinski definition) is 1. The zero-order chi connectivity index (χ0) is 16.7. The van der Waals surface area contributed by atoms with Gasteiger partial charge in [-0.2, -0.15) is 0 Å². The molecule has 2 aliphatic heterocycles. The largest absolute Gasteiger partial charge is 0.497 e. The molecular weight excluding hydrogens is 292 g/mol. The molecule has 5 nitrogen and oxygen atoms in total. The number of likely N-dealkylation sites (tertiary alicyclic amines) is 1. The van der Waals surface area contributed by atoms with Crippen molar-refractivity contribution in [1.82, 2.24) is 4.90 Å². The predicted molar refractivity (Wildman–Crippen MR) is 90.2 cm³/mol. The van der Waals surface area contributed by atoms with Crippen molar-refractivity contribution in [3.05, 3.63) is 23.8 Å². The fraction of sp³-hybridized carbons (Fsp3) is 0.611. The van der Waals surface area contributed by atoms with Crippen LogP contribution in [0.1, 0.15) is 39.2 Å². The number of carbonyl (C=O) groups excluding carboxylic acids is 1. The van der Waals surface area contributed by atoms with E-state index >= 15 is 0 Å². The summed E-state index contributed by atoms with van der Waals surface area (Å²) in [6, 6.07) is 6.21. The molecule has 0 aliphatic carbocycles. The number of nitrogens with one attached hydrogen (secondary N) is 1. The van der Waals surface area contributed by atoms with E-state index in [9.17, 15) is 4.79 Å². The zero-order valence-corrected chi connectivity index (χ0v) is 14.4. The monoisotopic (exact) mass is 318 g/mol. The lowest BCUT2D eigenvalue weighted by molar-refractivity contribution is 0.0172. The molecule has 126 valence electrons. The number of amides is 1. The highest BCUT2D eigenvalue weighted by molar-refractivity contribution is 5.69. The third kappa shape index (κ3) is 3.09. The first-order valence-electron chi connectivity index (χ1n) is 8.23. The molecule has 0 bridgehead atoms. The highest BCUT2D eigenvalue weighted by Gasteiger charge is 2.43. The molecule has 1 aromatic rings. The number of nitrogens with zero attached hydrogens (tertiary/aromatic N) is 1. The molecular formula is C18H26N2O3. The van der Waals surface area contributed by atoms with E-state index in [1.165, 1.54) is 11.3 Å². The summed E-state index contributed by atoms with van der Waals surface area (Å²) in [5, 5.41) is 3.50. The minimum Gasteiger partial charge on any atom is -0.497 e. The average molecular weight is 318 g/mol. The molecule has 1 aromatic carbocycles. The van der Waals surface area contributed by atoms with E-state index in [-0.39, 0.29) is 11.5 Å². The van der Waals surface area contributed by atoms with Crippen LogP contribution >= 0.6 is 0 Å². The Labute approximate surface area is 137 Å². The molecule has 0 aromatic heterocycles. The molecule has 0 radical (unpaired) electrons. The summed E-state index contributed by atoms with van der Waals surface area (Å²) in [6.07, 6.45) is 1.68. The third-order valence-corrected chi connectivity index (χ3v) is 4.79. The summed E-state index contributed by atoms with van der Waals surface area (Å²) < 4.78 is 10.9. The molecule has 0 saturated carbocycles. The molecule has 2 heterocycles. The quantitative estimate of drug-likeness (QED) is 0.862. The minimum absolute atomic E-state index is 0.0996. The van der Waals surface area contributed by atoms with Crippen molar-refractivity contribution >= 4 is 11.8 Å². The molecule has 1 spiro atoms. The van der Waals surface area contributed by atoms with Crippen LogP contribution in [-0.2, 0) is 10.2 Å². The van der Waals surface area contributed by atoms with Gasteiger partial charge in [-0.3, -0.25) is 0 Å². The second kappa shape index (κ2) is 5.62. The lowest BCUT2D eigenvalue weighted by Crippen LogP contribution is -2.47. The summed E-state index contributed by atoms with van der Waals surface area (Å²) in [4.78, 5) is 14.1. The molecule has 5 heteroatoms. The summed E-state index contributed by atoms with van der Waals surface area (Å²) in [5.74, 6) is 0.890. The van der Waals surface area contributed by atoms with Crippen LogP contribution in [0.15, 0.2) is 18.2 Å². The second-order valence-corrected chi connectivity index (χ2v) is 7.51. The molecule has 0 atom stereocenters. The fourth-order valence-corrected chi connectivity index (χ4v) is 3.49. The van der Waals surface area contributed by atoms with E-state index in [4.69, 9.17) is 9.47 Å². The Hall–Kier alpha value is -1.91. The van der Waals surface area contributed by atoms with E-state index in [2.05, 4.69) is 17.4 Å². The van der Waals surface area contributed by atoms with Gasteiger partial charge in [-0.25, -0.2) is 4.79 Å². The van der Waals surface area contributed by atoms with E-state index in [1.807, 2.05) is 31.7 Å². The Kier molecular flexibility index (Phi) is 3.90. The Bertz CT molecular complexity index is 599. The Balaban J connectivity index is 1.72. The Morgan fingerprint density at radius 2 is 1.96 bits per heavy atom. The van der Waals surface area contributed by atoms with Crippen molar-refractivity contribution in [1.29, 1.82) is 0 Å². The first-order valence-corrected chi connectivity index (χ1v) is 8.23. The van der Waals surface area contributed by atoms with Gasteiger partial charge >= 0.3 is 6.09 Å². The van der Waals surface area contributed by atoms with Gasteiger partial charge in [0.25, 0.3) is 0 Å². The maximum absolute atomic E-state index is 12.2. The van der Waals surface area contributed by atoms with Gasteiger partial charge in [0.1, 0.15) is 11.4 Å². The van der Waals surface area contributed by atoms with Crippen molar-refractivity contribution in [3.63, 3.8) is 0 Å². The topological polar surface area (TPSA) is 50.8 Å². The van der Waals surface area contributed by atoms with Gasteiger partial charge in [-0.15, -0.1) is 0 Å². The van der Waals surface area contributed by atoms with Crippen LogP contribution in [-0.4, -0.2) is 43.3 Å². The predicted octanol–water partition coefficient (Wildman–Crippen LogP) is 3.39. The Morgan fingerprint density at radius 1 is 1.26 bits per heavy atom. The van der Waals surface area contributed by atoms with Crippen LogP contribution in [0.25, 0.3) is 0 Å². The number of ether oxygens (including phenoxy) is 2. The van der Waals surface area contributed by atoms with Crippen molar-refractivity contribution in [3.8, 4) is 5.75 Å². The SMILES string of the molecule is COc1ccc2c(c1)C1(CCN(C(=O)OC(C)(C)C)CC1)CN2. The van der Waals surface area contributed by atoms with E-state index in [0.29, 0.717) is 0 Å². The number of fused-ring (bicyclic) bond motifs is 2. The number of benzene rings is 1. The molecule has 2 aliphatic rings. The first-order chi connectivity index (χ1) is 10.8. The Morgan fingerprint density at radius 3 is 2.57 bits per heavy atom. The fourth-order valence-electron chi connectivity index (χ4n) is 3.49. The van der Waals surface area contributed by atoms with Crippen LogP contribution in [0.3, 0.4) is 0 Å². The molecule has 1 N–H and O–H groups in total. The lowest BCUT2D eigenvalue weighted by Gasteiger charge is -2.39. The van der Waals surface area contributed by atoms with Crippen molar-refractivity contribution < 1.29 is 14.3 Å². The molecule has 23 heavy (non-hydrogen) atoms. The van der Waals surface area contributed by atoms with Crippen molar-refractivity contribution in [2.45, 2.75) is 44.6 Å². The van der Waals surface area contributed by atoms with Gasteiger partial charge in [0.05, 0.1) is 7.11 Å². The number of carbonyl (C=O) groups is 1. The molecule has 3 rings (SSSR count). The van der Waals surface area contributed by atoms with Gasteiger partial charge in [-0.1, -0.05) is 0 Å². The van der Waals surface area contributed by atoms with Crippen LogP contribution in [0.4, 0.5) is 10.5 Å². The van der Waals surface area contributed by atoms with E-state index in [1.54, 1.807) is 7.11 Å². The van der Waals surface area contributed by atoms with Crippen molar-refractivity contribution in [2.24, 2.45) is 0 Å². The number of anilines is 1.